The number of aromatic nitrogens is 2. The standard InChI is InChI=1S/C12H22N4O2S2/c1-5-6-16-8-12(14-10(16)3)20(17,18)15(4)9(2)7-11(13)19/h8-9H,5-7H2,1-4H3,(H2,13,19). The van der Waals surface area contributed by atoms with Crippen molar-refractivity contribution in [3.8, 4) is 0 Å². The third-order valence-electron chi connectivity index (χ3n) is 3.18. The predicted molar refractivity (Wildman–Crippen MR) is 83.1 cm³/mol. The Kier molecular flexibility index (Phi) is 5.67. The van der Waals surface area contributed by atoms with Crippen molar-refractivity contribution in [2.24, 2.45) is 5.73 Å². The molecule has 1 unspecified atom stereocenters. The molecule has 1 aromatic rings. The summed E-state index contributed by atoms with van der Waals surface area (Å²) in [7, 11) is -2.10. The molecule has 0 aliphatic carbocycles. The lowest BCUT2D eigenvalue weighted by atomic mass is 10.2. The van der Waals surface area contributed by atoms with Gasteiger partial charge in [0.1, 0.15) is 5.82 Å². The van der Waals surface area contributed by atoms with Crippen LogP contribution in [0.2, 0.25) is 0 Å². The second-order valence-electron chi connectivity index (χ2n) is 4.86. The summed E-state index contributed by atoms with van der Waals surface area (Å²) in [5, 5.41) is 0.0701. The van der Waals surface area contributed by atoms with Crippen LogP contribution in [0.5, 0.6) is 0 Å². The summed E-state index contributed by atoms with van der Waals surface area (Å²) in [5.74, 6) is 0.695. The summed E-state index contributed by atoms with van der Waals surface area (Å²) in [6.45, 7) is 6.35. The highest BCUT2D eigenvalue weighted by molar-refractivity contribution is 7.89. The molecule has 2 N–H and O–H groups in total. The van der Waals surface area contributed by atoms with E-state index < -0.39 is 10.0 Å². The van der Waals surface area contributed by atoms with E-state index in [1.54, 1.807) is 20.0 Å². The molecule has 0 aromatic carbocycles. The van der Waals surface area contributed by atoms with Crippen molar-refractivity contribution in [3.63, 3.8) is 0 Å². The molecule has 0 amide bonds. The number of thiocarbonyl (C=S) groups is 1. The molecule has 0 radical (unpaired) electrons. The van der Waals surface area contributed by atoms with E-state index in [0.717, 1.165) is 13.0 Å². The van der Waals surface area contributed by atoms with Crippen molar-refractivity contribution in [2.45, 2.75) is 51.2 Å². The fourth-order valence-electron chi connectivity index (χ4n) is 1.87. The number of nitrogens with zero attached hydrogens (tertiary/aromatic N) is 3. The van der Waals surface area contributed by atoms with E-state index in [0.29, 0.717) is 17.2 Å². The molecule has 1 aromatic heterocycles. The first-order valence-corrected chi connectivity index (χ1v) is 8.35. The fraction of sp³-hybridized carbons (Fsp3) is 0.667. The van der Waals surface area contributed by atoms with Crippen molar-refractivity contribution in [1.82, 2.24) is 13.9 Å². The zero-order valence-corrected chi connectivity index (χ0v) is 14.0. The van der Waals surface area contributed by atoms with Crippen LogP contribution in [0.1, 0.15) is 32.5 Å². The highest BCUT2D eigenvalue weighted by Gasteiger charge is 2.28. The van der Waals surface area contributed by atoms with Gasteiger partial charge in [-0.3, -0.25) is 0 Å². The van der Waals surface area contributed by atoms with Crippen LogP contribution in [0, 0.1) is 6.92 Å². The van der Waals surface area contributed by atoms with E-state index in [2.05, 4.69) is 4.98 Å². The molecule has 0 saturated heterocycles. The molecular formula is C12H22N4O2S2. The number of hydrogen-bond donors (Lipinski definition) is 1. The zero-order chi connectivity index (χ0) is 15.5. The number of imidazole rings is 1. The Labute approximate surface area is 126 Å². The summed E-state index contributed by atoms with van der Waals surface area (Å²) in [4.78, 5) is 4.45. The van der Waals surface area contributed by atoms with Gasteiger partial charge in [0.15, 0.2) is 5.03 Å². The van der Waals surface area contributed by atoms with Crippen molar-refractivity contribution >= 4 is 27.2 Å². The first kappa shape index (κ1) is 17.1. The smallest absolute Gasteiger partial charge is 0.262 e. The first-order valence-electron chi connectivity index (χ1n) is 6.50. The molecular weight excluding hydrogens is 296 g/mol. The molecule has 0 fully saturated rings. The Morgan fingerprint density at radius 2 is 2.20 bits per heavy atom. The van der Waals surface area contributed by atoms with E-state index in [1.165, 1.54) is 11.4 Å². The van der Waals surface area contributed by atoms with Gasteiger partial charge in [0, 0.05) is 32.3 Å². The quantitative estimate of drug-likeness (QED) is 0.766. The Balaban J connectivity index is 3.03. The molecule has 0 aliphatic heterocycles. The molecule has 0 aliphatic rings. The number of aryl methyl sites for hydroxylation is 2. The summed E-state index contributed by atoms with van der Waals surface area (Å²) in [6, 6.07) is -0.297. The molecule has 20 heavy (non-hydrogen) atoms. The van der Waals surface area contributed by atoms with Gasteiger partial charge in [-0.25, -0.2) is 13.4 Å². The van der Waals surface area contributed by atoms with E-state index in [1.807, 2.05) is 11.5 Å². The minimum Gasteiger partial charge on any atom is -0.393 e. The molecule has 0 saturated carbocycles. The first-order chi connectivity index (χ1) is 9.20. The fourth-order valence-corrected chi connectivity index (χ4v) is 3.47. The third kappa shape index (κ3) is 3.77. The van der Waals surface area contributed by atoms with Gasteiger partial charge in [-0.05, 0) is 20.3 Å². The van der Waals surface area contributed by atoms with Crippen LogP contribution >= 0.6 is 12.2 Å². The van der Waals surface area contributed by atoms with Gasteiger partial charge >= 0.3 is 0 Å². The summed E-state index contributed by atoms with van der Waals surface area (Å²) >= 11 is 4.83. The Hall–Kier alpha value is -0.990. The molecule has 6 nitrogen and oxygen atoms in total. The monoisotopic (exact) mass is 318 g/mol. The van der Waals surface area contributed by atoms with Gasteiger partial charge in [0.2, 0.25) is 0 Å². The van der Waals surface area contributed by atoms with Crippen LogP contribution in [-0.4, -0.2) is 40.4 Å². The minimum atomic E-state index is -3.62. The lowest BCUT2D eigenvalue weighted by Crippen LogP contribution is -2.37. The second-order valence-corrected chi connectivity index (χ2v) is 7.33. The van der Waals surface area contributed by atoms with Crippen LogP contribution in [0.15, 0.2) is 11.2 Å². The number of rotatable bonds is 7. The molecule has 0 bridgehead atoms. The highest BCUT2D eigenvalue weighted by Crippen LogP contribution is 2.17. The van der Waals surface area contributed by atoms with Gasteiger partial charge in [0.25, 0.3) is 10.0 Å². The van der Waals surface area contributed by atoms with E-state index >= 15 is 0 Å². The summed E-state index contributed by atoms with van der Waals surface area (Å²) in [5.41, 5.74) is 5.47. The number of nitrogens with two attached hydrogens (primary N) is 1. The number of hydrogen-bond acceptors (Lipinski definition) is 4. The van der Waals surface area contributed by atoms with Gasteiger partial charge in [-0.15, -0.1) is 0 Å². The van der Waals surface area contributed by atoms with Gasteiger partial charge in [-0.2, -0.15) is 4.31 Å². The van der Waals surface area contributed by atoms with Crippen LogP contribution in [-0.2, 0) is 16.6 Å². The van der Waals surface area contributed by atoms with E-state index in [4.69, 9.17) is 18.0 Å². The highest BCUT2D eigenvalue weighted by atomic mass is 32.2. The Morgan fingerprint density at radius 3 is 2.70 bits per heavy atom. The maximum absolute atomic E-state index is 12.5. The van der Waals surface area contributed by atoms with Gasteiger partial charge < -0.3 is 10.3 Å². The maximum Gasteiger partial charge on any atom is 0.262 e. The van der Waals surface area contributed by atoms with Crippen molar-refractivity contribution in [3.05, 3.63) is 12.0 Å². The van der Waals surface area contributed by atoms with Crippen LogP contribution in [0.25, 0.3) is 0 Å². The van der Waals surface area contributed by atoms with E-state index in [-0.39, 0.29) is 11.1 Å². The van der Waals surface area contributed by atoms with Crippen LogP contribution < -0.4 is 5.73 Å². The van der Waals surface area contributed by atoms with Gasteiger partial charge in [-0.1, -0.05) is 19.1 Å². The SMILES string of the molecule is CCCn1cc(S(=O)(=O)N(C)C(C)CC(N)=S)nc1C. The largest absolute Gasteiger partial charge is 0.393 e. The molecule has 1 atom stereocenters. The lowest BCUT2D eigenvalue weighted by molar-refractivity contribution is 0.395. The maximum atomic E-state index is 12.5. The van der Waals surface area contributed by atoms with Crippen LogP contribution in [0.4, 0.5) is 0 Å². The topological polar surface area (TPSA) is 81.2 Å². The third-order valence-corrected chi connectivity index (χ3v) is 5.19. The van der Waals surface area contributed by atoms with E-state index in [9.17, 15) is 8.42 Å². The van der Waals surface area contributed by atoms with Crippen molar-refractivity contribution in [1.29, 1.82) is 0 Å². The van der Waals surface area contributed by atoms with Crippen molar-refractivity contribution in [2.75, 3.05) is 7.05 Å². The normalized spacial score (nSPS) is 13.7. The Morgan fingerprint density at radius 1 is 1.60 bits per heavy atom. The average Bonchev–Trinajstić information content (AvgIpc) is 2.70. The predicted octanol–water partition coefficient (Wildman–Crippen LogP) is 1.29. The molecule has 1 rings (SSSR count). The molecule has 114 valence electrons. The lowest BCUT2D eigenvalue weighted by Gasteiger charge is -2.22. The number of sulfonamides is 1. The minimum absolute atomic E-state index is 0.0701. The summed E-state index contributed by atoms with van der Waals surface area (Å²) in [6.07, 6.45) is 2.85. The van der Waals surface area contributed by atoms with Crippen molar-refractivity contribution < 1.29 is 8.42 Å². The zero-order valence-electron chi connectivity index (χ0n) is 12.3. The average molecular weight is 318 g/mol. The molecule has 0 spiro atoms. The molecule has 1 heterocycles. The van der Waals surface area contributed by atoms with Gasteiger partial charge in [0.05, 0.1) is 4.99 Å². The Bertz CT molecular complexity index is 580. The second kappa shape index (κ2) is 6.64. The molecule has 8 heteroatoms. The summed E-state index contributed by atoms with van der Waals surface area (Å²) < 4.78 is 28.1. The van der Waals surface area contributed by atoms with Crippen LogP contribution in [0.3, 0.4) is 0 Å².